The summed E-state index contributed by atoms with van der Waals surface area (Å²) in [5.41, 5.74) is 5.25. The van der Waals surface area contributed by atoms with E-state index < -0.39 is 10.0 Å². The molecule has 1 saturated heterocycles. The van der Waals surface area contributed by atoms with Crippen LogP contribution in [0.3, 0.4) is 0 Å². The minimum absolute atomic E-state index is 0.307. The van der Waals surface area contributed by atoms with Crippen LogP contribution >= 0.6 is 22.9 Å². The van der Waals surface area contributed by atoms with E-state index >= 15 is 0 Å². The Hall–Kier alpha value is -2.26. The molecule has 31 heavy (non-hydrogen) atoms. The van der Waals surface area contributed by atoms with Crippen LogP contribution < -0.4 is 5.43 Å². The molecule has 1 aliphatic rings. The van der Waals surface area contributed by atoms with Gasteiger partial charge in [0, 0.05) is 29.1 Å². The van der Waals surface area contributed by atoms with Crippen molar-refractivity contribution < 1.29 is 8.42 Å². The van der Waals surface area contributed by atoms with Gasteiger partial charge >= 0.3 is 0 Å². The van der Waals surface area contributed by atoms with Crippen LogP contribution in [-0.2, 0) is 10.0 Å². The van der Waals surface area contributed by atoms with Crippen LogP contribution in [0.1, 0.15) is 25.3 Å². The maximum atomic E-state index is 13.0. The quantitative estimate of drug-likeness (QED) is 0.387. The highest BCUT2D eigenvalue weighted by molar-refractivity contribution is 7.89. The van der Waals surface area contributed by atoms with Gasteiger partial charge in [-0.1, -0.05) is 42.8 Å². The summed E-state index contributed by atoms with van der Waals surface area (Å²) in [5, 5.41) is 7.34. The molecule has 6 nitrogen and oxygen atoms in total. The van der Waals surface area contributed by atoms with Crippen LogP contribution in [0.25, 0.3) is 11.3 Å². The summed E-state index contributed by atoms with van der Waals surface area (Å²) in [6.45, 7) is 3.31. The first-order valence-electron chi connectivity index (χ1n) is 10.0. The van der Waals surface area contributed by atoms with Gasteiger partial charge in [-0.05, 0) is 48.6 Å². The number of benzene rings is 2. The Morgan fingerprint density at radius 1 is 1.19 bits per heavy atom. The molecule has 0 spiro atoms. The van der Waals surface area contributed by atoms with Gasteiger partial charge in [0.2, 0.25) is 15.2 Å². The molecule has 4 rings (SSSR count). The highest BCUT2D eigenvalue weighted by Crippen LogP contribution is 2.29. The minimum Gasteiger partial charge on any atom is -0.253 e. The van der Waals surface area contributed by atoms with Gasteiger partial charge in [0.1, 0.15) is 0 Å². The average Bonchev–Trinajstić information content (AvgIpc) is 3.23. The van der Waals surface area contributed by atoms with Crippen molar-refractivity contribution in [2.75, 3.05) is 18.5 Å². The first kappa shape index (κ1) is 22.0. The summed E-state index contributed by atoms with van der Waals surface area (Å²) in [7, 11) is -3.50. The third kappa shape index (κ3) is 5.33. The molecule has 0 amide bonds. The Bertz CT molecular complexity index is 1190. The van der Waals surface area contributed by atoms with Crippen LogP contribution in [0.5, 0.6) is 0 Å². The third-order valence-electron chi connectivity index (χ3n) is 5.24. The van der Waals surface area contributed by atoms with E-state index in [4.69, 9.17) is 11.6 Å². The lowest BCUT2D eigenvalue weighted by Gasteiger charge is -2.29. The Morgan fingerprint density at radius 2 is 1.97 bits per heavy atom. The number of piperidine rings is 1. The zero-order chi connectivity index (χ0) is 21.8. The van der Waals surface area contributed by atoms with Crippen molar-refractivity contribution in [2.45, 2.75) is 24.7 Å². The van der Waals surface area contributed by atoms with E-state index in [9.17, 15) is 8.42 Å². The number of thiazole rings is 1. The highest BCUT2D eigenvalue weighted by Gasteiger charge is 2.28. The molecular weight excluding hydrogens is 452 g/mol. The normalized spacial score (nSPS) is 16.1. The molecule has 2 heterocycles. The van der Waals surface area contributed by atoms with Crippen LogP contribution in [0.15, 0.2) is 63.9 Å². The smallest absolute Gasteiger partial charge is 0.243 e. The SMILES string of the molecule is CC1CCN(S(=O)(=O)c2cccc(-c3csc(N/N=C/c4cccc(Cl)c4)n3)c2)CC1. The van der Waals surface area contributed by atoms with Crippen LogP contribution in [0, 0.1) is 5.92 Å². The van der Waals surface area contributed by atoms with Crippen LogP contribution in [0.2, 0.25) is 5.02 Å². The molecule has 2 aromatic carbocycles. The molecule has 162 valence electrons. The highest BCUT2D eigenvalue weighted by atomic mass is 35.5. The molecule has 0 radical (unpaired) electrons. The number of sulfonamides is 1. The third-order valence-corrected chi connectivity index (χ3v) is 8.11. The lowest BCUT2D eigenvalue weighted by molar-refractivity contribution is 0.288. The topological polar surface area (TPSA) is 74.7 Å². The molecule has 0 bridgehead atoms. The van der Waals surface area contributed by atoms with Gasteiger partial charge in [-0.25, -0.2) is 13.4 Å². The molecular formula is C22H23ClN4O2S2. The van der Waals surface area contributed by atoms with Gasteiger partial charge < -0.3 is 0 Å². The number of aromatic nitrogens is 1. The predicted molar refractivity (Wildman–Crippen MR) is 127 cm³/mol. The fraction of sp³-hybridized carbons (Fsp3) is 0.273. The average molecular weight is 475 g/mol. The molecule has 0 aliphatic carbocycles. The van der Waals surface area contributed by atoms with Gasteiger partial charge in [-0.2, -0.15) is 9.41 Å². The summed E-state index contributed by atoms with van der Waals surface area (Å²) in [6.07, 6.45) is 3.46. The summed E-state index contributed by atoms with van der Waals surface area (Å²) >= 11 is 7.38. The Kier molecular flexibility index (Phi) is 6.71. The van der Waals surface area contributed by atoms with E-state index in [0.29, 0.717) is 39.8 Å². The maximum Gasteiger partial charge on any atom is 0.243 e. The lowest BCUT2D eigenvalue weighted by Crippen LogP contribution is -2.37. The van der Waals surface area contributed by atoms with E-state index in [-0.39, 0.29) is 0 Å². The van der Waals surface area contributed by atoms with Crippen molar-refractivity contribution in [3.8, 4) is 11.3 Å². The fourth-order valence-corrected chi connectivity index (χ4v) is 5.78. The molecule has 9 heteroatoms. The number of nitrogens with one attached hydrogen (secondary N) is 1. The second-order valence-electron chi connectivity index (χ2n) is 7.58. The van der Waals surface area contributed by atoms with Gasteiger partial charge in [0.25, 0.3) is 0 Å². The first-order valence-corrected chi connectivity index (χ1v) is 12.7. The number of nitrogens with zero attached hydrogens (tertiary/aromatic N) is 3. The first-order chi connectivity index (χ1) is 14.9. The van der Waals surface area contributed by atoms with Crippen molar-refractivity contribution >= 4 is 44.3 Å². The van der Waals surface area contributed by atoms with Gasteiger partial charge in [0.15, 0.2) is 0 Å². The number of hydrogen-bond donors (Lipinski definition) is 1. The molecule has 1 N–H and O–H groups in total. The van der Waals surface area contributed by atoms with Crippen molar-refractivity contribution in [2.24, 2.45) is 11.0 Å². The van der Waals surface area contributed by atoms with E-state index in [1.807, 2.05) is 29.6 Å². The molecule has 0 atom stereocenters. The molecule has 1 fully saturated rings. The van der Waals surface area contributed by atoms with E-state index in [1.165, 1.54) is 11.3 Å². The summed E-state index contributed by atoms with van der Waals surface area (Å²) in [6, 6.07) is 14.4. The summed E-state index contributed by atoms with van der Waals surface area (Å²) in [4.78, 5) is 4.84. The van der Waals surface area contributed by atoms with Gasteiger partial charge in [0.05, 0.1) is 16.8 Å². The molecule has 3 aromatic rings. The van der Waals surface area contributed by atoms with Crippen LogP contribution in [0.4, 0.5) is 5.13 Å². The summed E-state index contributed by atoms with van der Waals surface area (Å²) in [5.74, 6) is 0.570. The molecule has 1 aromatic heterocycles. The zero-order valence-electron chi connectivity index (χ0n) is 17.0. The Morgan fingerprint density at radius 3 is 2.74 bits per heavy atom. The Balaban J connectivity index is 1.48. The number of rotatable bonds is 6. The summed E-state index contributed by atoms with van der Waals surface area (Å²) < 4.78 is 27.7. The van der Waals surface area contributed by atoms with Crippen molar-refractivity contribution in [3.63, 3.8) is 0 Å². The predicted octanol–water partition coefficient (Wildman–Crippen LogP) is 5.33. The number of hydrogen-bond acceptors (Lipinski definition) is 6. The fourth-order valence-electron chi connectivity index (χ4n) is 3.40. The molecule has 1 aliphatic heterocycles. The number of hydrazone groups is 1. The zero-order valence-corrected chi connectivity index (χ0v) is 19.4. The van der Waals surface area contributed by atoms with E-state index in [2.05, 4.69) is 22.4 Å². The second kappa shape index (κ2) is 9.48. The van der Waals surface area contributed by atoms with E-state index in [1.54, 1.807) is 34.8 Å². The molecule has 0 unspecified atom stereocenters. The van der Waals surface area contributed by atoms with Gasteiger partial charge in [-0.3, -0.25) is 5.43 Å². The maximum absolute atomic E-state index is 13.0. The minimum atomic E-state index is -3.50. The Labute approximate surface area is 191 Å². The monoisotopic (exact) mass is 474 g/mol. The standard InChI is InChI=1S/C22H23ClN4O2S2/c1-16-8-10-27(11-9-16)31(28,29)20-7-3-5-18(13-20)21-15-30-22(25-21)26-24-14-17-4-2-6-19(23)12-17/h2-7,12-16H,8-11H2,1H3,(H,25,26)/b24-14+. The van der Waals surface area contributed by atoms with Crippen molar-refractivity contribution in [3.05, 3.63) is 64.5 Å². The number of halogens is 1. The van der Waals surface area contributed by atoms with E-state index in [0.717, 1.165) is 24.0 Å². The number of anilines is 1. The van der Waals surface area contributed by atoms with Crippen molar-refractivity contribution in [1.82, 2.24) is 9.29 Å². The largest absolute Gasteiger partial charge is 0.253 e. The lowest BCUT2D eigenvalue weighted by atomic mass is 10.0. The molecule has 0 saturated carbocycles. The second-order valence-corrected chi connectivity index (χ2v) is 10.8. The van der Waals surface area contributed by atoms with Crippen LogP contribution in [-0.4, -0.2) is 37.0 Å². The van der Waals surface area contributed by atoms with Crippen molar-refractivity contribution in [1.29, 1.82) is 0 Å². The van der Waals surface area contributed by atoms with Gasteiger partial charge in [-0.15, -0.1) is 11.3 Å².